The molecule has 1 aromatic heterocycles. The van der Waals surface area contributed by atoms with E-state index in [0.29, 0.717) is 12.5 Å². The number of fused-ring (bicyclic) bond motifs is 1. The number of allylic oxidation sites excluding steroid dienone is 2. The zero-order valence-corrected chi connectivity index (χ0v) is 22.7. The fourth-order valence-electron chi connectivity index (χ4n) is 4.37. The van der Waals surface area contributed by atoms with E-state index < -0.39 is 0 Å². The lowest BCUT2D eigenvalue weighted by Gasteiger charge is -2.17. The van der Waals surface area contributed by atoms with Crippen molar-refractivity contribution in [3.63, 3.8) is 0 Å². The van der Waals surface area contributed by atoms with Crippen molar-refractivity contribution in [3.8, 4) is 5.75 Å². The number of H-pyrrole nitrogens is 1. The fraction of sp³-hybridized carbons (Fsp3) is 0.250. The molecule has 1 heterocycles. The Balaban J connectivity index is 1.53. The molecule has 0 saturated heterocycles. The van der Waals surface area contributed by atoms with Crippen LogP contribution in [0.4, 0.5) is 0 Å². The second kappa shape index (κ2) is 13.6. The Bertz CT molecular complexity index is 1390. The molecular weight excluding hydrogens is 494 g/mol. The molecule has 0 bridgehead atoms. The van der Waals surface area contributed by atoms with E-state index in [0.717, 1.165) is 64.6 Å². The van der Waals surface area contributed by atoms with Gasteiger partial charge < -0.3 is 9.64 Å². The predicted octanol–water partition coefficient (Wildman–Crippen LogP) is 7.34. The van der Waals surface area contributed by atoms with Crippen LogP contribution >= 0.6 is 11.6 Å². The molecule has 196 valence electrons. The highest BCUT2D eigenvalue weighted by atomic mass is 35.5. The molecule has 1 N–H and O–H groups in total. The maximum atomic E-state index is 11.6. The zero-order chi connectivity index (χ0) is 26.7. The number of hydrogen-bond donors (Lipinski definition) is 1. The number of benzene rings is 3. The number of halogens is 1. The molecule has 0 aliphatic rings. The van der Waals surface area contributed by atoms with Gasteiger partial charge in [0.25, 0.3) is 0 Å². The molecule has 0 unspecified atom stereocenters. The predicted molar refractivity (Wildman–Crippen MR) is 157 cm³/mol. The first-order valence-corrected chi connectivity index (χ1v) is 13.5. The van der Waals surface area contributed by atoms with Crippen LogP contribution in [0.2, 0.25) is 0 Å². The fourth-order valence-corrected chi connectivity index (χ4v) is 4.56. The van der Waals surface area contributed by atoms with Gasteiger partial charge in [-0.25, -0.2) is 0 Å². The van der Waals surface area contributed by atoms with E-state index in [1.807, 2.05) is 30.5 Å². The number of alkyl halides is 1. The number of ether oxygens (including phenoxy) is 1. The van der Waals surface area contributed by atoms with E-state index in [9.17, 15) is 4.79 Å². The summed E-state index contributed by atoms with van der Waals surface area (Å²) in [5.74, 6) is 1.39. The van der Waals surface area contributed by atoms with Crippen LogP contribution in [0.1, 0.15) is 42.4 Å². The highest BCUT2D eigenvalue weighted by molar-refractivity contribution is 6.18. The number of aromatic nitrogens is 2. The lowest BCUT2D eigenvalue weighted by atomic mass is 9.88. The minimum absolute atomic E-state index is 0.0147. The number of carbonyl (C=O) groups is 1. The van der Waals surface area contributed by atoms with Crippen LogP contribution in [0.15, 0.2) is 91.1 Å². The Labute approximate surface area is 229 Å². The van der Waals surface area contributed by atoms with Gasteiger partial charge in [-0.1, -0.05) is 54.6 Å². The number of hydrogen-bond acceptors (Lipinski definition) is 3. The van der Waals surface area contributed by atoms with Gasteiger partial charge in [0, 0.05) is 25.4 Å². The molecule has 3 aromatic carbocycles. The van der Waals surface area contributed by atoms with Crippen LogP contribution in [-0.4, -0.2) is 47.6 Å². The van der Waals surface area contributed by atoms with Gasteiger partial charge in [-0.15, -0.1) is 11.6 Å². The second-order valence-electron chi connectivity index (χ2n) is 9.33. The van der Waals surface area contributed by atoms with E-state index >= 15 is 0 Å². The number of amides is 1. The Kier molecular flexibility index (Phi) is 9.77. The van der Waals surface area contributed by atoms with Gasteiger partial charge in [0.05, 0.1) is 18.3 Å². The third kappa shape index (κ3) is 7.14. The molecule has 4 rings (SSSR count). The lowest BCUT2D eigenvalue weighted by Crippen LogP contribution is -2.18. The molecule has 0 atom stereocenters. The van der Waals surface area contributed by atoms with Crippen LogP contribution in [0.3, 0.4) is 0 Å². The molecule has 1 amide bonds. The van der Waals surface area contributed by atoms with Gasteiger partial charge in [-0.3, -0.25) is 9.89 Å². The van der Waals surface area contributed by atoms with Crippen molar-refractivity contribution < 1.29 is 9.53 Å². The number of rotatable bonds is 12. The normalized spacial score (nSPS) is 12.1. The summed E-state index contributed by atoms with van der Waals surface area (Å²) >= 11 is 6.31. The summed E-state index contributed by atoms with van der Waals surface area (Å²) < 4.78 is 6.00. The number of nitrogens with one attached hydrogen (secondary N) is 1. The minimum atomic E-state index is 0.0147. The Morgan fingerprint density at radius 3 is 2.47 bits per heavy atom. The van der Waals surface area contributed by atoms with Gasteiger partial charge in [0.2, 0.25) is 5.91 Å². The molecule has 6 heteroatoms. The summed E-state index contributed by atoms with van der Waals surface area (Å²) in [6.45, 7) is 0.635. The van der Waals surface area contributed by atoms with Crippen molar-refractivity contribution in [2.24, 2.45) is 0 Å². The first-order chi connectivity index (χ1) is 18.6. The number of aromatic amines is 1. The highest BCUT2D eigenvalue weighted by Gasteiger charge is 2.15. The maximum absolute atomic E-state index is 11.6. The molecule has 38 heavy (non-hydrogen) atoms. The van der Waals surface area contributed by atoms with E-state index in [2.05, 4.69) is 64.8 Å². The molecule has 0 saturated carbocycles. The quantitative estimate of drug-likeness (QED) is 0.0907. The van der Waals surface area contributed by atoms with Crippen LogP contribution in [0.5, 0.6) is 5.75 Å². The summed E-state index contributed by atoms with van der Waals surface area (Å²) in [5, 5.41) is 8.30. The Morgan fingerprint density at radius 2 is 1.74 bits per heavy atom. The standard InChI is InChI=1S/C32H34ClN3O2/c1-36(2)31(37)12-8-3-4-9-21-38-28-16-13-25(14-17-28)32(26-15-18-30-27(22-26)23-34-35-30)29(19-20-33)24-10-6-5-7-11-24/h5-8,10-18,22-23H,3-4,9,19-21H2,1-2H3,(H,34,35)/b12-8+,32-29+. The first-order valence-electron chi connectivity index (χ1n) is 13.0. The number of unbranched alkanes of at least 4 members (excludes halogenated alkanes) is 2. The Hall–Kier alpha value is -3.83. The van der Waals surface area contributed by atoms with Gasteiger partial charge in [-0.05, 0) is 83.9 Å². The molecule has 0 spiro atoms. The van der Waals surface area contributed by atoms with E-state index in [4.69, 9.17) is 16.3 Å². The molecule has 0 fully saturated rings. The van der Waals surface area contributed by atoms with Gasteiger partial charge in [0.1, 0.15) is 5.75 Å². The average molecular weight is 528 g/mol. The zero-order valence-electron chi connectivity index (χ0n) is 22.0. The SMILES string of the molecule is CN(C)C(=O)/C=C/CCCCOc1ccc(/C(=C(/CCCl)c2ccccc2)c2ccc3[nH]ncc3c2)cc1. The molecule has 0 radical (unpaired) electrons. The largest absolute Gasteiger partial charge is 0.494 e. The van der Waals surface area contributed by atoms with Crippen molar-refractivity contribution in [2.75, 3.05) is 26.6 Å². The van der Waals surface area contributed by atoms with Crippen LogP contribution < -0.4 is 4.74 Å². The monoisotopic (exact) mass is 527 g/mol. The van der Waals surface area contributed by atoms with E-state index in [1.165, 1.54) is 5.57 Å². The number of carbonyl (C=O) groups excluding carboxylic acids is 1. The average Bonchev–Trinajstić information content (AvgIpc) is 3.41. The highest BCUT2D eigenvalue weighted by Crippen LogP contribution is 2.36. The minimum Gasteiger partial charge on any atom is -0.494 e. The molecule has 0 aliphatic carbocycles. The van der Waals surface area contributed by atoms with Gasteiger partial charge in [-0.2, -0.15) is 5.10 Å². The van der Waals surface area contributed by atoms with Crippen molar-refractivity contribution >= 4 is 39.6 Å². The summed E-state index contributed by atoms with van der Waals surface area (Å²) in [4.78, 5) is 13.2. The Morgan fingerprint density at radius 1 is 0.974 bits per heavy atom. The first kappa shape index (κ1) is 27.2. The van der Waals surface area contributed by atoms with Crippen molar-refractivity contribution in [3.05, 3.63) is 108 Å². The van der Waals surface area contributed by atoms with Gasteiger partial charge in [0.15, 0.2) is 0 Å². The summed E-state index contributed by atoms with van der Waals surface area (Å²) in [6.07, 6.45) is 8.91. The smallest absolute Gasteiger partial charge is 0.245 e. The van der Waals surface area contributed by atoms with Crippen molar-refractivity contribution in [1.29, 1.82) is 0 Å². The second-order valence-corrected chi connectivity index (χ2v) is 9.71. The molecular formula is C32H34ClN3O2. The van der Waals surface area contributed by atoms with E-state index in [1.54, 1.807) is 25.1 Å². The van der Waals surface area contributed by atoms with Crippen LogP contribution in [0, 0.1) is 0 Å². The molecule has 0 aliphatic heterocycles. The third-order valence-electron chi connectivity index (χ3n) is 6.38. The van der Waals surface area contributed by atoms with Crippen molar-refractivity contribution in [1.82, 2.24) is 15.1 Å². The summed E-state index contributed by atoms with van der Waals surface area (Å²) in [6, 6.07) is 25.1. The number of likely N-dealkylation sites (N-methyl/N-ethyl adjacent to an activating group) is 1. The molecule has 5 nitrogen and oxygen atoms in total. The van der Waals surface area contributed by atoms with Crippen molar-refractivity contribution in [2.45, 2.75) is 25.7 Å². The number of nitrogens with zero attached hydrogens (tertiary/aromatic N) is 2. The topological polar surface area (TPSA) is 58.2 Å². The summed E-state index contributed by atoms with van der Waals surface area (Å²) in [5.41, 5.74) is 6.77. The summed E-state index contributed by atoms with van der Waals surface area (Å²) in [7, 11) is 3.51. The van der Waals surface area contributed by atoms with Crippen LogP contribution in [0.25, 0.3) is 22.0 Å². The van der Waals surface area contributed by atoms with Gasteiger partial charge >= 0.3 is 0 Å². The van der Waals surface area contributed by atoms with E-state index in [-0.39, 0.29) is 5.91 Å². The third-order valence-corrected chi connectivity index (χ3v) is 6.56. The molecule has 4 aromatic rings. The van der Waals surface area contributed by atoms with Crippen LogP contribution in [-0.2, 0) is 4.79 Å². The lowest BCUT2D eigenvalue weighted by molar-refractivity contribution is -0.123. The maximum Gasteiger partial charge on any atom is 0.245 e.